The van der Waals surface area contributed by atoms with Crippen molar-refractivity contribution in [2.24, 2.45) is 4.99 Å². The number of aromatic amines is 1. The van der Waals surface area contributed by atoms with Crippen molar-refractivity contribution < 1.29 is 4.42 Å². The second kappa shape index (κ2) is 5.77. The third-order valence-electron chi connectivity index (χ3n) is 7.08. The number of H-pyrrole nitrogens is 1. The van der Waals surface area contributed by atoms with Crippen molar-refractivity contribution in [2.75, 3.05) is 0 Å². The van der Waals surface area contributed by atoms with Crippen LogP contribution in [0.1, 0.15) is 22.3 Å². The fourth-order valence-corrected chi connectivity index (χ4v) is 5.62. The number of para-hydroxylation sites is 1. The van der Waals surface area contributed by atoms with Crippen LogP contribution in [0.3, 0.4) is 0 Å². The highest BCUT2D eigenvalue weighted by Crippen LogP contribution is 2.41. The zero-order valence-electron chi connectivity index (χ0n) is 17.3. The van der Waals surface area contributed by atoms with Gasteiger partial charge in [0.25, 0.3) is 0 Å². The van der Waals surface area contributed by atoms with Gasteiger partial charge >= 0.3 is 0 Å². The molecule has 0 saturated carbocycles. The Kier molecular flexibility index (Phi) is 2.99. The fraction of sp³-hybridized carbons (Fsp3) is 0.0690. The summed E-state index contributed by atoms with van der Waals surface area (Å²) in [7, 11) is 0. The average Bonchev–Trinajstić information content (AvgIpc) is 3.38. The summed E-state index contributed by atoms with van der Waals surface area (Å²) in [5, 5.41) is 5.01. The molecule has 1 aliphatic carbocycles. The van der Waals surface area contributed by atoms with E-state index in [4.69, 9.17) is 4.42 Å². The van der Waals surface area contributed by atoms with Gasteiger partial charge in [0.05, 0.1) is 12.1 Å². The molecule has 8 rings (SSSR count). The zero-order valence-corrected chi connectivity index (χ0v) is 17.3. The number of furan rings is 1. The Labute approximate surface area is 183 Å². The number of benzene rings is 4. The molecule has 2 aliphatic rings. The van der Waals surface area contributed by atoms with Crippen LogP contribution < -0.4 is 0 Å². The lowest BCUT2D eigenvalue weighted by Crippen LogP contribution is -2.05. The normalized spacial score (nSPS) is 14.4. The van der Waals surface area contributed by atoms with Crippen molar-refractivity contribution in [3.63, 3.8) is 0 Å². The lowest BCUT2D eigenvalue weighted by molar-refractivity contribution is 0.673. The van der Waals surface area contributed by atoms with Gasteiger partial charge in [-0.05, 0) is 75.3 Å². The van der Waals surface area contributed by atoms with Gasteiger partial charge in [-0.1, -0.05) is 42.5 Å². The SMILES string of the molecule is C1=Cc2cc(-c3ccc4c(c3)oc3c5ccccc5[nH]c43)c3c4c(ccc(c24)C1)CN=C3. The number of hydrogen-bond acceptors (Lipinski definition) is 2. The fourth-order valence-electron chi connectivity index (χ4n) is 5.62. The van der Waals surface area contributed by atoms with E-state index < -0.39 is 0 Å². The van der Waals surface area contributed by atoms with E-state index in [-0.39, 0.29) is 0 Å². The first kappa shape index (κ1) is 16.6. The smallest absolute Gasteiger partial charge is 0.160 e. The number of fused-ring (bicyclic) bond motifs is 5. The Morgan fingerprint density at radius 2 is 1.81 bits per heavy atom. The minimum atomic E-state index is 0.755. The van der Waals surface area contributed by atoms with Gasteiger partial charge in [0.1, 0.15) is 5.58 Å². The van der Waals surface area contributed by atoms with Gasteiger partial charge in [-0.25, -0.2) is 0 Å². The summed E-state index contributed by atoms with van der Waals surface area (Å²) in [5.74, 6) is 0. The number of nitrogens with one attached hydrogen (secondary N) is 1. The van der Waals surface area contributed by atoms with Crippen LogP contribution in [-0.2, 0) is 13.0 Å². The van der Waals surface area contributed by atoms with Gasteiger partial charge in [0, 0.05) is 28.1 Å². The number of nitrogens with zero attached hydrogens (tertiary/aromatic N) is 1. The number of rotatable bonds is 1. The van der Waals surface area contributed by atoms with Gasteiger partial charge in [-0.3, -0.25) is 4.99 Å². The highest BCUT2D eigenvalue weighted by atomic mass is 16.3. The van der Waals surface area contributed by atoms with E-state index >= 15 is 0 Å². The standard InChI is InChI=1S/C29H18N2O/c1-2-7-24-20(6-1)29-28(31-24)21-11-10-17(13-25(21)32-29)22-12-18-5-3-4-16-8-9-19-14-30-15-23(22)27(19)26(16)18/h1-3,5-13,15,31H,4,14H2. The van der Waals surface area contributed by atoms with Gasteiger partial charge in [-0.15, -0.1) is 0 Å². The van der Waals surface area contributed by atoms with Crippen LogP contribution in [-0.4, -0.2) is 11.2 Å². The molecule has 0 spiro atoms. The molecule has 4 aromatic carbocycles. The van der Waals surface area contributed by atoms with Gasteiger partial charge in [0.2, 0.25) is 0 Å². The van der Waals surface area contributed by atoms with E-state index in [0.29, 0.717) is 0 Å². The minimum Gasteiger partial charge on any atom is -0.454 e. The highest BCUT2D eigenvalue weighted by molar-refractivity contribution is 6.16. The first-order valence-electron chi connectivity index (χ1n) is 11.1. The van der Waals surface area contributed by atoms with E-state index in [1.54, 1.807) is 0 Å². The lowest BCUT2D eigenvalue weighted by Gasteiger charge is -2.22. The lowest BCUT2D eigenvalue weighted by atomic mass is 9.83. The van der Waals surface area contributed by atoms with Crippen LogP contribution >= 0.6 is 0 Å². The Morgan fingerprint density at radius 1 is 0.875 bits per heavy atom. The number of aliphatic imine (C=N–C) groups is 1. The van der Waals surface area contributed by atoms with Crippen LogP contribution in [0.2, 0.25) is 0 Å². The summed E-state index contributed by atoms with van der Waals surface area (Å²) in [6.45, 7) is 0.755. The highest BCUT2D eigenvalue weighted by Gasteiger charge is 2.21. The van der Waals surface area contributed by atoms with Crippen molar-refractivity contribution in [2.45, 2.75) is 13.0 Å². The Hall–Kier alpha value is -4.11. The maximum Gasteiger partial charge on any atom is 0.160 e. The summed E-state index contributed by atoms with van der Waals surface area (Å²) in [5.41, 5.74) is 11.6. The summed E-state index contributed by atoms with van der Waals surface area (Å²) >= 11 is 0. The van der Waals surface area contributed by atoms with Gasteiger partial charge < -0.3 is 9.40 Å². The molecule has 6 aromatic rings. The molecule has 32 heavy (non-hydrogen) atoms. The Balaban J connectivity index is 1.43. The summed E-state index contributed by atoms with van der Waals surface area (Å²) < 4.78 is 6.37. The molecule has 3 nitrogen and oxygen atoms in total. The van der Waals surface area contributed by atoms with Crippen LogP contribution in [0.15, 0.2) is 76.1 Å². The van der Waals surface area contributed by atoms with Crippen molar-refractivity contribution in [3.05, 3.63) is 89.0 Å². The van der Waals surface area contributed by atoms with E-state index in [1.165, 1.54) is 38.6 Å². The second-order valence-electron chi connectivity index (χ2n) is 8.82. The molecule has 0 atom stereocenters. The van der Waals surface area contributed by atoms with Crippen LogP contribution in [0, 0.1) is 0 Å². The predicted octanol–water partition coefficient (Wildman–Crippen LogP) is 7.39. The molecule has 3 heterocycles. The molecule has 2 aromatic heterocycles. The Morgan fingerprint density at radius 3 is 2.81 bits per heavy atom. The molecule has 1 N–H and O–H groups in total. The molecule has 0 unspecified atom stereocenters. The van der Waals surface area contributed by atoms with Crippen molar-refractivity contribution in [1.29, 1.82) is 0 Å². The van der Waals surface area contributed by atoms with E-state index in [9.17, 15) is 0 Å². The monoisotopic (exact) mass is 410 g/mol. The molecule has 0 radical (unpaired) electrons. The molecule has 150 valence electrons. The van der Waals surface area contributed by atoms with Crippen LogP contribution in [0.5, 0.6) is 0 Å². The third kappa shape index (κ3) is 2.03. The number of aromatic nitrogens is 1. The molecule has 0 fully saturated rings. The van der Waals surface area contributed by atoms with E-state index in [1.807, 2.05) is 6.07 Å². The molecular formula is C29H18N2O. The minimum absolute atomic E-state index is 0.755. The first-order chi connectivity index (χ1) is 15.8. The van der Waals surface area contributed by atoms with Crippen molar-refractivity contribution in [1.82, 2.24) is 4.98 Å². The molecule has 0 bridgehead atoms. The third-order valence-corrected chi connectivity index (χ3v) is 7.08. The van der Waals surface area contributed by atoms with Gasteiger partial charge in [0.15, 0.2) is 5.58 Å². The summed E-state index contributed by atoms with van der Waals surface area (Å²) in [6, 6.07) is 21.7. The second-order valence-corrected chi connectivity index (χ2v) is 8.82. The van der Waals surface area contributed by atoms with Crippen molar-refractivity contribution in [3.8, 4) is 11.1 Å². The van der Waals surface area contributed by atoms with Gasteiger partial charge in [-0.2, -0.15) is 0 Å². The molecule has 0 saturated heterocycles. The topological polar surface area (TPSA) is 41.3 Å². The molecule has 0 amide bonds. The maximum atomic E-state index is 6.37. The zero-order chi connectivity index (χ0) is 20.8. The predicted molar refractivity (Wildman–Crippen MR) is 133 cm³/mol. The van der Waals surface area contributed by atoms with E-state index in [0.717, 1.165) is 51.5 Å². The average molecular weight is 410 g/mol. The summed E-state index contributed by atoms with van der Waals surface area (Å²) in [6.07, 6.45) is 7.60. The van der Waals surface area contributed by atoms with Crippen molar-refractivity contribution >= 4 is 56.0 Å². The quantitative estimate of drug-likeness (QED) is 0.302. The number of hydrogen-bond donors (Lipinski definition) is 1. The van der Waals surface area contributed by atoms with E-state index in [2.05, 4.69) is 82.9 Å². The Bertz CT molecular complexity index is 1830. The molecule has 1 aliphatic heterocycles. The summed E-state index contributed by atoms with van der Waals surface area (Å²) in [4.78, 5) is 8.22. The molecule has 3 heteroatoms. The maximum absolute atomic E-state index is 6.37. The molecular weight excluding hydrogens is 392 g/mol. The van der Waals surface area contributed by atoms with Crippen LogP contribution in [0.4, 0.5) is 0 Å². The first-order valence-corrected chi connectivity index (χ1v) is 11.1. The number of allylic oxidation sites excluding steroid dienone is 1. The van der Waals surface area contributed by atoms with Crippen LogP contribution in [0.25, 0.3) is 60.9 Å². The largest absolute Gasteiger partial charge is 0.454 e.